The minimum atomic E-state index is -0.427. The first-order chi connectivity index (χ1) is 9.66. The van der Waals surface area contributed by atoms with E-state index in [1.54, 1.807) is 30.3 Å². The zero-order chi connectivity index (χ0) is 14.4. The fourth-order valence-electron chi connectivity index (χ4n) is 1.30. The Hall–Kier alpha value is -1.98. The summed E-state index contributed by atoms with van der Waals surface area (Å²) in [5, 5.41) is 4.34. The molecule has 5 nitrogen and oxygen atoms in total. The number of hydrogen-bond donors (Lipinski definition) is 1. The summed E-state index contributed by atoms with van der Waals surface area (Å²) in [7, 11) is 0. The molecule has 0 bridgehead atoms. The van der Waals surface area contributed by atoms with Crippen molar-refractivity contribution in [2.75, 3.05) is 6.61 Å². The molecular weight excluding hydrogens is 303 g/mol. The molecule has 0 unspecified atom stereocenters. The average molecular weight is 313 g/mol. The molecule has 1 N–H and O–H groups in total. The number of ether oxygens (including phenoxy) is 1. The monoisotopic (exact) mass is 312 g/mol. The Morgan fingerprint density at radius 3 is 2.95 bits per heavy atom. The molecule has 1 aromatic carbocycles. The fraction of sp³-hybridized carbons (Fsp3) is 0.0769. The molecule has 104 valence electrons. The van der Waals surface area contributed by atoms with Gasteiger partial charge in [0.25, 0.3) is 5.91 Å². The molecule has 0 spiro atoms. The lowest BCUT2D eigenvalue weighted by molar-refractivity contribution is -0.123. The summed E-state index contributed by atoms with van der Waals surface area (Å²) < 4.78 is 10.3. The minimum absolute atomic E-state index is 0.227. The number of carbonyl (C=O) groups is 1. The zero-order valence-corrected chi connectivity index (χ0v) is 11.7. The van der Waals surface area contributed by atoms with E-state index in [1.807, 2.05) is 0 Å². The van der Waals surface area contributed by atoms with Crippen LogP contribution in [-0.4, -0.2) is 18.7 Å². The molecule has 0 aliphatic carbocycles. The van der Waals surface area contributed by atoms with Crippen LogP contribution in [0.4, 0.5) is 0 Å². The molecule has 0 atom stereocenters. The first-order valence-corrected chi connectivity index (χ1v) is 6.34. The number of rotatable bonds is 5. The predicted molar refractivity (Wildman–Crippen MR) is 76.4 cm³/mol. The average Bonchev–Trinajstić information content (AvgIpc) is 2.94. The van der Waals surface area contributed by atoms with Crippen LogP contribution in [0.3, 0.4) is 0 Å². The summed E-state index contributed by atoms with van der Waals surface area (Å²) >= 11 is 11.7. The molecule has 2 aromatic rings. The Labute approximate surface area is 125 Å². The van der Waals surface area contributed by atoms with E-state index >= 15 is 0 Å². The Kier molecular flexibility index (Phi) is 5.03. The van der Waals surface area contributed by atoms with E-state index in [2.05, 4.69) is 10.5 Å². The normalized spacial score (nSPS) is 10.7. The van der Waals surface area contributed by atoms with Crippen LogP contribution < -0.4 is 10.2 Å². The van der Waals surface area contributed by atoms with E-state index in [1.165, 1.54) is 12.5 Å². The topological polar surface area (TPSA) is 63.8 Å². The maximum Gasteiger partial charge on any atom is 0.277 e. The van der Waals surface area contributed by atoms with Gasteiger partial charge >= 0.3 is 0 Å². The van der Waals surface area contributed by atoms with Crippen LogP contribution in [0.25, 0.3) is 0 Å². The van der Waals surface area contributed by atoms with Gasteiger partial charge in [-0.2, -0.15) is 5.10 Å². The van der Waals surface area contributed by atoms with Crippen molar-refractivity contribution in [2.45, 2.75) is 0 Å². The number of amides is 1. The van der Waals surface area contributed by atoms with Crippen molar-refractivity contribution in [1.29, 1.82) is 0 Å². The second-order valence-corrected chi connectivity index (χ2v) is 4.43. The molecule has 0 saturated carbocycles. The molecule has 1 aromatic heterocycles. The number of nitrogens with zero attached hydrogens (tertiary/aromatic N) is 1. The summed E-state index contributed by atoms with van der Waals surface area (Å²) in [6.07, 6.45) is 2.89. The Bertz CT molecular complexity index is 612. The first-order valence-electron chi connectivity index (χ1n) is 5.59. The minimum Gasteiger partial charge on any atom is -0.482 e. The molecule has 0 fully saturated rings. The van der Waals surface area contributed by atoms with Gasteiger partial charge in [-0.25, -0.2) is 5.43 Å². The van der Waals surface area contributed by atoms with E-state index in [0.29, 0.717) is 16.5 Å². The molecule has 0 aliphatic heterocycles. The van der Waals surface area contributed by atoms with Crippen molar-refractivity contribution < 1.29 is 13.9 Å². The van der Waals surface area contributed by atoms with E-state index in [-0.39, 0.29) is 11.6 Å². The summed E-state index contributed by atoms with van der Waals surface area (Å²) in [5.74, 6) is 0.442. The number of hydrazone groups is 1. The molecule has 1 heterocycles. The van der Waals surface area contributed by atoms with Crippen LogP contribution in [-0.2, 0) is 4.79 Å². The number of furan rings is 1. The highest BCUT2D eigenvalue weighted by Crippen LogP contribution is 2.31. The SMILES string of the molecule is O=C(COc1cccc(Cl)c1Cl)N/N=C\c1ccco1. The third-order valence-electron chi connectivity index (χ3n) is 2.20. The van der Waals surface area contributed by atoms with Crippen molar-refractivity contribution in [3.63, 3.8) is 0 Å². The van der Waals surface area contributed by atoms with Crippen molar-refractivity contribution in [2.24, 2.45) is 5.10 Å². The van der Waals surface area contributed by atoms with E-state index in [9.17, 15) is 4.79 Å². The number of hydrogen-bond acceptors (Lipinski definition) is 4. The number of benzene rings is 1. The second kappa shape index (κ2) is 6.98. The maximum absolute atomic E-state index is 11.5. The highest BCUT2D eigenvalue weighted by atomic mass is 35.5. The highest BCUT2D eigenvalue weighted by Gasteiger charge is 2.07. The molecule has 20 heavy (non-hydrogen) atoms. The van der Waals surface area contributed by atoms with Gasteiger partial charge in [-0.05, 0) is 24.3 Å². The Morgan fingerprint density at radius 2 is 2.20 bits per heavy atom. The molecule has 0 aliphatic rings. The van der Waals surface area contributed by atoms with Gasteiger partial charge in [-0.15, -0.1) is 0 Å². The molecule has 2 rings (SSSR count). The molecule has 0 radical (unpaired) electrons. The van der Waals surface area contributed by atoms with Gasteiger partial charge in [-0.1, -0.05) is 29.3 Å². The smallest absolute Gasteiger partial charge is 0.277 e. The van der Waals surface area contributed by atoms with Gasteiger partial charge in [0.1, 0.15) is 16.5 Å². The first kappa shape index (κ1) is 14.4. The largest absolute Gasteiger partial charge is 0.482 e. The van der Waals surface area contributed by atoms with E-state index < -0.39 is 5.91 Å². The van der Waals surface area contributed by atoms with E-state index in [0.717, 1.165) is 0 Å². The molecule has 0 saturated heterocycles. The number of nitrogens with one attached hydrogen (secondary N) is 1. The zero-order valence-electron chi connectivity index (χ0n) is 10.2. The van der Waals surface area contributed by atoms with Gasteiger partial charge in [-0.3, -0.25) is 4.79 Å². The summed E-state index contributed by atoms with van der Waals surface area (Å²) in [4.78, 5) is 11.5. The number of halogens is 2. The summed E-state index contributed by atoms with van der Waals surface area (Å²) in [6, 6.07) is 8.35. The van der Waals surface area contributed by atoms with Crippen molar-refractivity contribution >= 4 is 35.3 Å². The van der Waals surface area contributed by atoms with Crippen LogP contribution in [0.2, 0.25) is 10.0 Å². The van der Waals surface area contributed by atoms with Gasteiger partial charge < -0.3 is 9.15 Å². The van der Waals surface area contributed by atoms with Gasteiger partial charge in [0.15, 0.2) is 6.61 Å². The maximum atomic E-state index is 11.5. The summed E-state index contributed by atoms with van der Waals surface area (Å²) in [5.41, 5.74) is 2.29. The van der Waals surface area contributed by atoms with Crippen LogP contribution in [0.1, 0.15) is 5.76 Å². The molecule has 1 amide bonds. The quantitative estimate of drug-likeness (QED) is 0.681. The third-order valence-corrected chi connectivity index (χ3v) is 3.00. The lowest BCUT2D eigenvalue weighted by Crippen LogP contribution is -2.24. The molecule has 7 heteroatoms. The Balaban J connectivity index is 1.82. The fourth-order valence-corrected chi connectivity index (χ4v) is 1.65. The van der Waals surface area contributed by atoms with Gasteiger partial charge in [0.2, 0.25) is 0 Å². The van der Waals surface area contributed by atoms with Crippen molar-refractivity contribution in [1.82, 2.24) is 5.43 Å². The van der Waals surface area contributed by atoms with Crippen molar-refractivity contribution in [3.05, 3.63) is 52.4 Å². The van der Waals surface area contributed by atoms with Crippen LogP contribution in [0.5, 0.6) is 5.75 Å². The van der Waals surface area contributed by atoms with Crippen molar-refractivity contribution in [3.8, 4) is 5.75 Å². The van der Waals surface area contributed by atoms with Crippen LogP contribution in [0, 0.1) is 0 Å². The summed E-state index contributed by atoms with van der Waals surface area (Å²) in [6.45, 7) is -0.227. The van der Waals surface area contributed by atoms with Gasteiger partial charge in [0, 0.05) is 0 Å². The second-order valence-electron chi connectivity index (χ2n) is 3.65. The van der Waals surface area contributed by atoms with Crippen LogP contribution in [0.15, 0.2) is 46.1 Å². The predicted octanol–water partition coefficient (Wildman–Crippen LogP) is 3.12. The van der Waals surface area contributed by atoms with E-state index in [4.69, 9.17) is 32.4 Å². The lowest BCUT2D eigenvalue weighted by Gasteiger charge is -2.07. The highest BCUT2D eigenvalue weighted by molar-refractivity contribution is 6.42. The lowest BCUT2D eigenvalue weighted by atomic mass is 10.3. The standard InChI is InChI=1S/C13H10Cl2N2O3/c14-10-4-1-5-11(13(10)15)20-8-12(18)17-16-7-9-3-2-6-19-9/h1-7H,8H2,(H,17,18)/b16-7-. The number of carbonyl (C=O) groups excluding carboxylic acids is 1. The molecular formula is C13H10Cl2N2O3. The van der Waals surface area contributed by atoms with Gasteiger partial charge in [0.05, 0.1) is 17.5 Å². The Morgan fingerprint density at radius 1 is 1.35 bits per heavy atom. The van der Waals surface area contributed by atoms with Crippen LogP contribution >= 0.6 is 23.2 Å². The third kappa shape index (κ3) is 4.01.